The molecule has 41 heavy (non-hydrogen) atoms. The topological polar surface area (TPSA) is 139 Å². The quantitative estimate of drug-likeness (QED) is 0.310. The van der Waals surface area contributed by atoms with Crippen molar-refractivity contribution in [2.24, 2.45) is 28.6 Å². The van der Waals surface area contributed by atoms with Crippen LogP contribution in [0.1, 0.15) is 111 Å². The molecule has 3 saturated carbocycles. The van der Waals surface area contributed by atoms with Crippen LogP contribution in [0, 0.1) is 28.6 Å². The Bertz CT molecular complexity index is 1090. The van der Waals surface area contributed by atoms with Crippen LogP contribution in [-0.4, -0.2) is 52.8 Å². The molecular formula is C32H48N2O7. The number of ether oxygens (including phenoxy) is 1. The molecule has 0 saturated heterocycles. The highest BCUT2D eigenvalue weighted by Gasteiger charge is 2.60. The van der Waals surface area contributed by atoms with Crippen molar-refractivity contribution in [1.82, 2.24) is 10.6 Å². The molecule has 228 valence electrons. The maximum Gasteiger partial charge on any atom is 0.326 e. The van der Waals surface area contributed by atoms with Gasteiger partial charge in [-0.3, -0.25) is 19.2 Å². The highest BCUT2D eigenvalue weighted by Crippen LogP contribution is 2.65. The highest BCUT2D eigenvalue weighted by molar-refractivity contribution is 5.92. The lowest BCUT2D eigenvalue weighted by Gasteiger charge is -2.57. The van der Waals surface area contributed by atoms with E-state index in [9.17, 15) is 29.1 Å². The van der Waals surface area contributed by atoms with Gasteiger partial charge in [-0.2, -0.15) is 0 Å². The third kappa shape index (κ3) is 6.54. The van der Waals surface area contributed by atoms with Gasteiger partial charge in [0.15, 0.2) is 5.78 Å². The van der Waals surface area contributed by atoms with Gasteiger partial charge in [-0.25, -0.2) is 4.79 Å². The minimum Gasteiger partial charge on any atom is -0.480 e. The van der Waals surface area contributed by atoms with Crippen molar-refractivity contribution < 1.29 is 33.8 Å². The smallest absolute Gasteiger partial charge is 0.326 e. The van der Waals surface area contributed by atoms with Gasteiger partial charge in [0.1, 0.15) is 18.2 Å². The van der Waals surface area contributed by atoms with Gasteiger partial charge in [0.2, 0.25) is 11.8 Å². The van der Waals surface area contributed by atoms with Gasteiger partial charge in [-0.05, 0) is 87.5 Å². The van der Waals surface area contributed by atoms with Crippen LogP contribution in [0.15, 0.2) is 11.6 Å². The molecule has 4 aliphatic rings. The summed E-state index contributed by atoms with van der Waals surface area (Å²) in [6.45, 7) is 8.07. The van der Waals surface area contributed by atoms with Crippen molar-refractivity contribution in [3.05, 3.63) is 11.6 Å². The molecule has 0 aromatic carbocycles. The lowest BCUT2D eigenvalue weighted by atomic mass is 9.47. The maximum atomic E-state index is 12.8. The molecule has 0 bridgehead atoms. The molecule has 0 radical (unpaired) electrons. The van der Waals surface area contributed by atoms with Crippen LogP contribution in [0.4, 0.5) is 0 Å². The van der Waals surface area contributed by atoms with E-state index in [1.807, 2.05) is 13.0 Å². The van der Waals surface area contributed by atoms with Gasteiger partial charge in [-0.1, -0.05) is 39.2 Å². The van der Waals surface area contributed by atoms with Crippen molar-refractivity contribution >= 4 is 29.5 Å². The van der Waals surface area contributed by atoms with Crippen molar-refractivity contribution in [3.63, 3.8) is 0 Å². The van der Waals surface area contributed by atoms with E-state index in [4.69, 9.17) is 4.74 Å². The number of hydrogen-bond acceptors (Lipinski definition) is 6. The standard InChI is InChI=1S/C32H48N2O7/c1-5-6-7-25(30(39)40)34-29(38)19(2)33-27(36)12-13-28(37)41-26-11-10-23-22-9-8-20-18-21(35)14-16-31(20,3)24(22)15-17-32(23,26)4/h18-19,22-26H,5-17H2,1-4H3,(H,33,36)(H,34,38)(H,39,40)/t19-,22+,23+,24+,25-,26+,31-,32-/m0/s1. The first-order valence-corrected chi connectivity index (χ1v) is 15.6. The van der Waals surface area contributed by atoms with E-state index in [1.165, 1.54) is 12.5 Å². The first kappa shape index (κ1) is 31.2. The Kier molecular flexibility index (Phi) is 9.64. The van der Waals surface area contributed by atoms with Crippen LogP contribution in [0.25, 0.3) is 0 Å². The zero-order chi connectivity index (χ0) is 29.9. The molecule has 3 fully saturated rings. The molecule has 9 nitrogen and oxygen atoms in total. The summed E-state index contributed by atoms with van der Waals surface area (Å²) >= 11 is 0. The van der Waals surface area contributed by atoms with Crippen LogP contribution in [-0.2, 0) is 28.7 Å². The fraction of sp³-hybridized carbons (Fsp3) is 0.781. The van der Waals surface area contributed by atoms with Gasteiger partial charge < -0.3 is 20.5 Å². The Morgan fingerprint density at radius 3 is 2.49 bits per heavy atom. The van der Waals surface area contributed by atoms with E-state index in [-0.39, 0.29) is 35.6 Å². The van der Waals surface area contributed by atoms with Crippen LogP contribution < -0.4 is 10.6 Å². The number of fused-ring (bicyclic) bond motifs is 5. The number of carbonyl (C=O) groups excluding carboxylic acids is 4. The van der Waals surface area contributed by atoms with Crippen LogP contribution in [0.2, 0.25) is 0 Å². The number of carbonyl (C=O) groups is 5. The number of hydrogen-bond donors (Lipinski definition) is 3. The number of aliphatic carboxylic acids is 1. The minimum atomic E-state index is -1.10. The molecule has 2 amide bonds. The zero-order valence-electron chi connectivity index (χ0n) is 25.1. The number of carboxylic acid groups (broad SMARTS) is 1. The molecule has 8 atom stereocenters. The fourth-order valence-corrected chi connectivity index (χ4v) is 8.48. The Balaban J connectivity index is 1.26. The zero-order valence-corrected chi connectivity index (χ0v) is 25.1. The van der Waals surface area contributed by atoms with Gasteiger partial charge in [0.05, 0.1) is 6.42 Å². The highest BCUT2D eigenvalue weighted by atomic mass is 16.5. The van der Waals surface area contributed by atoms with Crippen molar-refractivity contribution in [2.45, 2.75) is 129 Å². The van der Waals surface area contributed by atoms with Crippen molar-refractivity contribution in [3.8, 4) is 0 Å². The predicted octanol–water partition coefficient (Wildman–Crippen LogP) is 4.47. The Morgan fingerprint density at radius 1 is 1.02 bits per heavy atom. The molecule has 4 rings (SSSR count). The second-order valence-electron chi connectivity index (χ2n) is 13.4. The van der Waals surface area contributed by atoms with Crippen LogP contribution in [0.3, 0.4) is 0 Å². The third-order valence-corrected chi connectivity index (χ3v) is 10.9. The summed E-state index contributed by atoms with van der Waals surface area (Å²) in [4.78, 5) is 61.2. The van der Waals surface area contributed by atoms with Gasteiger partial charge in [0, 0.05) is 18.3 Å². The van der Waals surface area contributed by atoms with Crippen molar-refractivity contribution in [2.75, 3.05) is 0 Å². The van der Waals surface area contributed by atoms with E-state index in [2.05, 4.69) is 24.5 Å². The third-order valence-electron chi connectivity index (χ3n) is 10.9. The van der Waals surface area contributed by atoms with E-state index >= 15 is 0 Å². The number of ketones is 1. The molecule has 0 spiro atoms. The lowest BCUT2D eigenvalue weighted by molar-refractivity contribution is -0.160. The summed E-state index contributed by atoms with van der Waals surface area (Å²) in [5.41, 5.74) is 1.38. The molecule has 4 aliphatic carbocycles. The van der Waals surface area contributed by atoms with Crippen LogP contribution >= 0.6 is 0 Å². The minimum absolute atomic E-state index is 0.0715. The Labute approximate surface area is 243 Å². The van der Waals surface area contributed by atoms with Crippen molar-refractivity contribution in [1.29, 1.82) is 0 Å². The van der Waals surface area contributed by atoms with Gasteiger partial charge in [-0.15, -0.1) is 0 Å². The fourth-order valence-electron chi connectivity index (χ4n) is 8.48. The molecular weight excluding hydrogens is 524 g/mol. The van der Waals surface area contributed by atoms with E-state index in [0.717, 1.165) is 51.4 Å². The average Bonchev–Trinajstić information content (AvgIpc) is 3.25. The lowest BCUT2D eigenvalue weighted by Crippen LogP contribution is -2.51. The largest absolute Gasteiger partial charge is 0.480 e. The monoisotopic (exact) mass is 572 g/mol. The molecule has 0 heterocycles. The molecule has 0 aromatic rings. The maximum absolute atomic E-state index is 12.8. The number of esters is 1. The van der Waals surface area contributed by atoms with E-state index < -0.39 is 35.8 Å². The SMILES string of the molecule is CCCC[C@H](NC(=O)[C@H](C)NC(=O)CCC(=O)O[C@@H]1CC[C@@H]2[C@H]3CCC4=CC(=O)CC[C@]4(C)[C@@H]3CC[C@@]21C)C(=O)O. The second-order valence-corrected chi connectivity index (χ2v) is 13.4. The molecule has 9 heteroatoms. The normalized spacial score (nSPS) is 33.8. The summed E-state index contributed by atoms with van der Waals surface area (Å²) < 4.78 is 6.01. The first-order valence-electron chi connectivity index (χ1n) is 15.6. The summed E-state index contributed by atoms with van der Waals surface area (Å²) in [7, 11) is 0. The van der Waals surface area contributed by atoms with Gasteiger partial charge in [0.25, 0.3) is 0 Å². The predicted molar refractivity (Wildman–Crippen MR) is 153 cm³/mol. The molecule has 0 aromatic heterocycles. The number of allylic oxidation sites excluding steroid dienone is 1. The Morgan fingerprint density at radius 2 is 1.78 bits per heavy atom. The number of nitrogens with one attached hydrogen (secondary N) is 2. The number of carboxylic acids is 1. The summed E-state index contributed by atoms with van der Waals surface area (Å²) in [5.74, 6) is -0.611. The molecule has 0 aliphatic heterocycles. The summed E-state index contributed by atoms with van der Waals surface area (Å²) in [6, 6.07) is -1.91. The number of amides is 2. The van der Waals surface area contributed by atoms with Crippen LogP contribution in [0.5, 0.6) is 0 Å². The number of rotatable bonds is 11. The van der Waals surface area contributed by atoms with E-state index in [0.29, 0.717) is 37.0 Å². The average molecular weight is 573 g/mol. The molecule has 0 unspecified atom stereocenters. The van der Waals surface area contributed by atoms with E-state index in [1.54, 1.807) is 0 Å². The van der Waals surface area contributed by atoms with Gasteiger partial charge >= 0.3 is 11.9 Å². The second kappa shape index (κ2) is 12.7. The summed E-state index contributed by atoms with van der Waals surface area (Å²) in [6.07, 6.45) is 11.0. The first-order chi connectivity index (χ1) is 19.4. The Hall–Kier alpha value is -2.71. The molecule has 3 N–H and O–H groups in total. The summed E-state index contributed by atoms with van der Waals surface area (Å²) in [5, 5.41) is 14.4. The number of unbranched alkanes of at least 4 members (excludes halogenated alkanes) is 1.